The van der Waals surface area contributed by atoms with E-state index < -0.39 is 6.03 Å². The summed E-state index contributed by atoms with van der Waals surface area (Å²) >= 11 is 1.29. The number of nitrogens with zero attached hydrogens (tertiary/aromatic N) is 2. The predicted molar refractivity (Wildman–Crippen MR) is 97.7 cm³/mol. The Bertz CT molecular complexity index is 907. The van der Waals surface area contributed by atoms with Gasteiger partial charge in [0.1, 0.15) is 9.88 Å². The van der Waals surface area contributed by atoms with Crippen molar-refractivity contribution in [2.75, 3.05) is 10.6 Å². The largest absolute Gasteiger partial charge is 0.351 e. The first-order valence-electron chi connectivity index (χ1n) is 7.39. The number of rotatable bonds is 4. The van der Waals surface area contributed by atoms with Gasteiger partial charge < -0.3 is 16.4 Å². The summed E-state index contributed by atoms with van der Waals surface area (Å²) in [6, 6.07) is 11.6. The SMILES string of the molecule is Cc1nc(-c2ccccn2)sc1C(=O)Nc1ccc(NC(N)=O)cc1. The van der Waals surface area contributed by atoms with Crippen molar-refractivity contribution < 1.29 is 9.59 Å². The van der Waals surface area contributed by atoms with Crippen LogP contribution in [-0.4, -0.2) is 21.9 Å². The first kappa shape index (κ1) is 16.6. The molecule has 7 nitrogen and oxygen atoms in total. The van der Waals surface area contributed by atoms with E-state index >= 15 is 0 Å². The number of thiazole rings is 1. The molecule has 4 N–H and O–H groups in total. The molecule has 0 saturated heterocycles. The van der Waals surface area contributed by atoms with Crippen molar-refractivity contribution in [3.05, 3.63) is 59.2 Å². The lowest BCUT2D eigenvalue weighted by Crippen LogP contribution is -2.19. The Morgan fingerprint density at radius 3 is 2.32 bits per heavy atom. The molecular formula is C17H15N5O2S. The number of anilines is 2. The number of hydrogen-bond donors (Lipinski definition) is 3. The van der Waals surface area contributed by atoms with E-state index in [0.29, 0.717) is 27.0 Å². The van der Waals surface area contributed by atoms with Gasteiger partial charge in [0.15, 0.2) is 0 Å². The van der Waals surface area contributed by atoms with E-state index in [1.807, 2.05) is 18.2 Å². The molecule has 0 bridgehead atoms. The molecule has 3 aromatic rings. The van der Waals surface area contributed by atoms with Gasteiger partial charge in [-0.3, -0.25) is 9.78 Å². The van der Waals surface area contributed by atoms with E-state index in [2.05, 4.69) is 20.6 Å². The van der Waals surface area contributed by atoms with E-state index in [9.17, 15) is 9.59 Å². The van der Waals surface area contributed by atoms with Crippen molar-refractivity contribution in [3.8, 4) is 10.7 Å². The van der Waals surface area contributed by atoms with Gasteiger partial charge in [-0.2, -0.15) is 0 Å². The van der Waals surface area contributed by atoms with Crippen LogP contribution in [0.15, 0.2) is 48.7 Å². The number of amides is 3. The van der Waals surface area contributed by atoms with Crippen molar-refractivity contribution in [2.45, 2.75) is 6.92 Å². The fourth-order valence-electron chi connectivity index (χ4n) is 2.17. The van der Waals surface area contributed by atoms with Crippen LogP contribution in [0.3, 0.4) is 0 Å². The molecule has 0 fully saturated rings. The highest BCUT2D eigenvalue weighted by Crippen LogP contribution is 2.27. The zero-order chi connectivity index (χ0) is 17.8. The molecule has 126 valence electrons. The normalized spacial score (nSPS) is 10.3. The summed E-state index contributed by atoms with van der Waals surface area (Å²) in [5.41, 5.74) is 7.59. The average Bonchev–Trinajstić information content (AvgIpc) is 2.99. The molecular weight excluding hydrogens is 338 g/mol. The zero-order valence-electron chi connectivity index (χ0n) is 13.3. The molecule has 0 saturated carbocycles. The summed E-state index contributed by atoms with van der Waals surface area (Å²) in [4.78, 5) is 32.5. The van der Waals surface area contributed by atoms with Crippen molar-refractivity contribution in [3.63, 3.8) is 0 Å². The number of pyridine rings is 1. The van der Waals surface area contributed by atoms with Crippen LogP contribution in [0, 0.1) is 6.92 Å². The minimum absolute atomic E-state index is 0.243. The number of aryl methyl sites for hydroxylation is 1. The summed E-state index contributed by atoms with van der Waals surface area (Å²) < 4.78 is 0. The Balaban J connectivity index is 1.75. The van der Waals surface area contributed by atoms with Gasteiger partial charge in [0.25, 0.3) is 5.91 Å². The number of nitrogens with one attached hydrogen (secondary N) is 2. The van der Waals surface area contributed by atoms with Crippen LogP contribution in [0.25, 0.3) is 10.7 Å². The fraction of sp³-hybridized carbons (Fsp3) is 0.0588. The summed E-state index contributed by atoms with van der Waals surface area (Å²) in [7, 11) is 0. The van der Waals surface area contributed by atoms with Crippen molar-refractivity contribution in [1.82, 2.24) is 9.97 Å². The molecule has 2 aromatic heterocycles. The van der Waals surface area contributed by atoms with Crippen LogP contribution in [-0.2, 0) is 0 Å². The number of urea groups is 1. The van der Waals surface area contributed by atoms with E-state index in [1.165, 1.54) is 11.3 Å². The molecule has 0 atom stereocenters. The lowest BCUT2D eigenvalue weighted by molar-refractivity contribution is 0.103. The summed E-state index contributed by atoms with van der Waals surface area (Å²) in [5, 5.41) is 5.97. The zero-order valence-corrected chi connectivity index (χ0v) is 14.1. The number of primary amides is 1. The van der Waals surface area contributed by atoms with Crippen LogP contribution in [0.4, 0.5) is 16.2 Å². The van der Waals surface area contributed by atoms with Crippen LogP contribution >= 0.6 is 11.3 Å². The Morgan fingerprint density at radius 2 is 1.72 bits per heavy atom. The van der Waals surface area contributed by atoms with Gasteiger partial charge in [0.05, 0.1) is 11.4 Å². The fourth-order valence-corrected chi connectivity index (χ4v) is 3.11. The van der Waals surface area contributed by atoms with Crippen LogP contribution in [0.5, 0.6) is 0 Å². The first-order valence-corrected chi connectivity index (χ1v) is 8.21. The Kier molecular flexibility index (Phi) is 4.71. The number of nitrogens with two attached hydrogens (primary N) is 1. The maximum atomic E-state index is 12.5. The molecule has 0 spiro atoms. The van der Waals surface area contributed by atoms with E-state index in [1.54, 1.807) is 37.4 Å². The van der Waals surface area contributed by atoms with E-state index in [0.717, 1.165) is 5.69 Å². The van der Waals surface area contributed by atoms with Crippen LogP contribution in [0.1, 0.15) is 15.4 Å². The molecule has 1 aromatic carbocycles. The number of hydrogen-bond acceptors (Lipinski definition) is 5. The Labute approximate surface area is 147 Å². The Morgan fingerprint density at radius 1 is 1.04 bits per heavy atom. The minimum atomic E-state index is -0.640. The highest BCUT2D eigenvalue weighted by atomic mass is 32.1. The highest BCUT2D eigenvalue weighted by Gasteiger charge is 2.17. The van der Waals surface area contributed by atoms with Gasteiger partial charge in [0.2, 0.25) is 0 Å². The second-order valence-corrected chi connectivity index (χ2v) is 6.17. The molecule has 0 aliphatic heterocycles. The predicted octanol–water partition coefficient (Wildman–Crippen LogP) is 3.26. The van der Waals surface area contributed by atoms with Gasteiger partial charge in [-0.05, 0) is 43.3 Å². The first-order chi connectivity index (χ1) is 12.0. The maximum Gasteiger partial charge on any atom is 0.316 e. The minimum Gasteiger partial charge on any atom is -0.351 e. The molecule has 8 heteroatoms. The van der Waals surface area contributed by atoms with Crippen LogP contribution < -0.4 is 16.4 Å². The smallest absolute Gasteiger partial charge is 0.316 e. The molecule has 0 aliphatic carbocycles. The van der Waals surface area contributed by atoms with E-state index in [4.69, 9.17) is 5.73 Å². The molecule has 2 heterocycles. The molecule has 0 unspecified atom stereocenters. The average molecular weight is 353 g/mol. The molecule has 0 radical (unpaired) electrons. The summed E-state index contributed by atoms with van der Waals surface area (Å²) in [6.45, 7) is 1.79. The van der Waals surface area contributed by atoms with Gasteiger partial charge in [-0.25, -0.2) is 9.78 Å². The second kappa shape index (κ2) is 7.10. The van der Waals surface area contributed by atoms with Gasteiger partial charge >= 0.3 is 6.03 Å². The maximum absolute atomic E-state index is 12.5. The summed E-state index contributed by atoms with van der Waals surface area (Å²) in [6.07, 6.45) is 1.69. The highest BCUT2D eigenvalue weighted by molar-refractivity contribution is 7.17. The Hall–Kier alpha value is -3.26. The molecule has 3 rings (SSSR count). The number of aromatic nitrogens is 2. The molecule has 0 aliphatic rings. The summed E-state index contributed by atoms with van der Waals surface area (Å²) in [5.74, 6) is -0.243. The third-order valence-electron chi connectivity index (χ3n) is 3.30. The number of carbonyl (C=O) groups is 2. The quantitative estimate of drug-likeness (QED) is 0.668. The van der Waals surface area contributed by atoms with Crippen molar-refractivity contribution >= 4 is 34.6 Å². The van der Waals surface area contributed by atoms with Gasteiger partial charge in [0, 0.05) is 17.6 Å². The molecule has 3 amide bonds. The second-order valence-electron chi connectivity index (χ2n) is 5.17. The topological polar surface area (TPSA) is 110 Å². The standard InChI is InChI=1S/C17H15N5O2S/c1-10-14(25-16(20-10)13-4-2-3-9-19-13)15(23)21-11-5-7-12(8-6-11)22-17(18)24/h2-9H,1H3,(H,21,23)(H3,18,22,24). The number of carbonyl (C=O) groups excluding carboxylic acids is 2. The third kappa shape index (κ3) is 3.99. The lowest BCUT2D eigenvalue weighted by atomic mass is 10.2. The van der Waals surface area contributed by atoms with Crippen LogP contribution in [0.2, 0.25) is 0 Å². The van der Waals surface area contributed by atoms with E-state index in [-0.39, 0.29) is 5.91 Å². The van der Waals surface area contributed by atoms with Gasteiger partial charge in [-0.1, -0.05) is 6.07 Å². The lowest BCUT2D eigenvalue weighted by Gasteiger charge is -2.06. The third-order valence-corrected chi connectivity index (χ3v) is 4.48. The van der Waals surface area contributed by atoms with Gasteiger partial charge in [-0.15, -0.1) is 11.3 Å². The molecule has 25 heavy (non-hydrogen) atoms. The van der Waals surface area contributed by atoms with Crippen molar-refractivity contribution in [1.29, 1.82) is 0 Å². The van der Waals surface area contributed by atoms with Crippen molar-refractivity contribution in [2.24, 2.45) is 5.73 Å². The number of benzene rings is 1. The monoisotopic (exact) mass is 353 g/mol.